The van der Waals surface area contributed by atoms with Crippen molar-refractivity contribution < 1.29 is 228 Å². The molecule has 26 N–H and O–H groups in total. The van der Waals surface area contributed by atoms with E-state index in [1.807, 2.05) is 33.8 Å². The summed E-state index contributed by atoms with van der Waals surface area (Å²) in [7, 11) is 0. The number of aliphatic hydroxyl groups excluding tert-OH is 23. The van der Waals surface area contributed by atoms with Gasteiger partial charge in [0.2, 0.25) is 30.9 Å². The summed E-state index contributed by atoms with van der Waals surface area (Å²) < 4.78 is 96.0. The van der Waals surface area contributed by atoms with Crippen LogP contribution in [0.3, 0.4) is 0 Å². The third-order valence-electron chi connectivity index (χ3n) is 29.5. The molecule has 46 nitrogen and oxygen atoms in total. The Hall–Kier alpha value is -4.90. The number of rotatable bonds is 33. The monoisotopic (exact) mass is 1860 g/mol. The Bertz CT molecular complexity index is 3930. The highest BCUT2D eigenvalue weighted by atomic mass is 16.8. The van der Waals surface area contributed by atoms with Crippen molar-refractivity contribution in [3.8, 4) is 0 Å². The Labute approximate surface area is 741 Å². The molecule has 11 rings (SSSR count). The topological polar surface area (TPSA) is 742 Å². The number of carboxylic acid groups (broad SMARTS) is 1. The second-order valence-electron chi connectivity index (χ2n) is 38.2. The van der Waals surface area contributed by atoms with Crippen LogP contribution in [0.4, 0.5) is 0 Å². The van der Waals surface area contributed by atoms with Gasteiger partial charge < -0.3 is 213 Å². The third kappa shape index (κ3) is 19.7. The summed E-state index contributed by atoms with van der Waals surface area (Å²) in [5.74, 6) is -14.3. The molecule has 0 bridgehead atoms. The number of hydrogen-bond donors (Lipinski definition) is 26. The molecule has 0 amide bonds. The molecule has 37 unspecified atom stereocenters. The average Bonchev–Trinajstić information content (AvgIpc) is 1.18. The van der Waals surface area contributed by atoms with Crippen LogP contribution in [-0.2, 0) is 95.0 Å². The molecule has 44 atom stereocenters. The van der Waals surface area contributed by atoms with Crippen LogP contribution >= 0.6 is 0 Å². The van der Waals surface area contributed by atoms with Crippen molar-refractivity contribution in [2.24, 2.45) is 50.2 Å². The predicted octanol–water partition coefficient (Wildman–Crippen LogP) is -6.50. The number of aldehydes is 1. The quantitative estimate of drug-likeness (QED) is 0.00725. The normalized spacial score (nSPS) is 46.3. The molecule has 0 radical (unpaired) electrons. The van der Waals surface area contributed by atoms with Gasteiger partial charge in [0, 0.05) is 20.0 Å². The highest BCUT2D eigenvalue weighted by molar-refractivity contribution is 5.80. The van der Waals surface area contributed by atoms with Crippen molar-refractivity contribution in [2.45, 2.75) is 367 Å². The number of aliphatic hydroxyl groups is 25. The van der Waals surface area contributed by atoms with Gasteiger partial charge in [-0.3, -0.25) is 9.59 Å². The lowest BCUT2D eigenvalue weighted by molar-refractivity contribution is -0.408. The zero-order valence-corrected chi connectivity index (χ0v) is 73.3. The van der Waals surface area contributed by atoms with Gasteiger partial charge in [-0.05, 0) is 124 Å². The number of carbonyl (C=O) groups is 4. The summed E-state index contributed by atoms with van der Waals surface area (Å²) in [6, 6.07) is 0. The molecule has 129 heavy (non-hydrogen) atoms. The van der Waals surface area contributed by atoms with E-state index in [2.05, 4.69) is 6.92 Å². The van der Waals surface area contributed by atoms with Crippen LogP contribution in [0.25, 0.3) is 0 Å². The van der Waals surface area contributed by atoms with E-state index >= 15 is 4.79 Å². The highest BCUT2D eigenvalue weighted by Crippen LogP contribution is 2.76. The number of hydrogen-bond acceptors (Lipinski definition) is 45. The lowest BCUT2D eigenvalue weighted by atomic mass is 9.33. The lowest BCUT2D eigenvalue weighted by Gasteiger charge is -2.71. The number of aliphatic carboxylic acids is 1. The maximum absolute atomic E-state index is 16.5. The second kappa shape index (κ2) is 40.4. The number of fused-ring (bicyclic) bond motifs is 7. The molecule has 0 spiro atoms. The van der Waals surface area contributed by atoms with Gasteiger partial charge in [-0.1, -0.05) is 60.1 Å². The number of carbonyl (C=O) groups excluding carboxylic acids is 3. The molecule has 0 aromatic heterocycles. The molecule has 6 aliphatic heterocycles. The van der Waals surface area contributed by atoms with Gasteiger partial charge in [0.15, 0.2) is 66.5 Å². The third-order valence-corrected chi connectivity index (χ3v) is 29.5. The van der Waals surface area contributed by atoms with Gasteiger partial charge in [-0.15, -0.1) is 0 Å². The van der Waals surface area contributed by atoms with Crippen LogP contribution in [0, 0.1) is 50.2 Å². The maximum Gasteiger partial charge on any atom is 0.335 e. The fraction of sp³-hybridized carbons (Fsp3) is 0.880. The maximum atomic E-state index is 16.5. The fourth-order valence-electron chi connectivity index (χ4n) is 21.8. The Morgan fingerprint density at radius 3 is 1.84 bits per heavy atom. The first-order valence-corrected chi connectivity index (χ1v) is 43.5. The zero-order valence-electron chi connectivity index (χ0n) is 73.3. The van der Waals surface area contributed by atoms with Crippen LogP contribution in [0.5, 0.6) is 0 Å². The van der Waals surface area contributed by atoms with Gasteiger partial charge >= 0.3 is 17.9 Å². The van der Waals surface area contributed by atoms with Crippen molar-refractivity contribution in [2.75, 3.05) is 39.6 Å². The molecule has 6 heterocycles. The largest absolute Gasteiger partial charge is 0.506 e. The van der Waals surface area contributed by atoms with Crippen LogP contribution < -0.4 is 0 Å². The van der Waals surface area contributed by atoms with Crippen molar-refractivity contribution in [3.63, 3.8) is 0 Å². The van der Waals surface area contributed by atoms with E-state index in [4.69, 9.17) is 75.8 Å². The molecule has 0 aromatic rings. The van der Waals surface area contributed by atoms with E-state index < -0.39 is 352 Å². The van der Waals surface area contributed by atoms with Crippen molar-refractivity contribution in [3.05, 3.63) is 34.7 Å². The molecule has 0 aromatic carbocycles. The molecule has 46 heteroatoms. The first-order valence-electron chi connectivity index (χ1n) is 43.5. The Morgan fingerprint density at radius 2 is 1.23 bits per heavy atom. The smallest absolute Gasteiger partial charge is 0.335 e. The number of carboxylic acids is 1. The number of ether oxygens (including phenoxy) is 16. The molecular weight excluding hydrogens is 1730 g/mol. The first kappa shape index (κ1) is 105. The fourth-order valence-corrected chi connectivity index (χ4v) is 21.8. The van der Waals surface area contributed by atoms with Crippen LogP contribution in [0.1, 0.15) is 147 Å². The molecule has 740 valence electrons. The molecule has 11 aliphatic rings. The minimum atomic E-state index is -2.94. The summed E-state index contributed by atoms with van der Waals surface area (Å²) >= 11 is 0. The average molecular weight is 1870 g/mol. The lowest BCUT2D eigenvalue weighted by Crippen LogP contribution is -2.70. The van der Waals surface area contributed by atoms with Crippen LogP contribution in [0.15, 0.2) is 34.7 Å². The van der Waals surface area contributed by atoms with E-state index in [1.54, 1.807) is 6.92 Å². The van der Waals surface area contributed by atoms with Gasteiger partial charge in [-0.2, -0.15) is 0 Å². The Morgan fingerprint density at radius 1 is 0.605 bits per heavy atom. The van der Waals surface area contributed by atoms with Crippen LogP contribution in [-0.4, -0.2) is 417 Å². The summed E-state index contributed by atoms with van der Waals surface area (Å²) in [5.41, 5.74) is -8.45. The molecule has 5 aliphatic carbocycles. The van der Waals surface area contributed by atoms with Crippen molar-refractivity contribution >= 4 is 24.2 Å². The van der Waals surface area contributed by atoms with E-state index in [0.717, 1.165) is 26.3 Å². The molecule has 4 saturated carbocycles. The minimum Gasteiger partial charge on any atom is -0.506 e. The Kier molecular flexibility index (Phi) is 32.8. The van der Waals surface area contributed by atoms with E-state index in [9.17, 15) is 147 Å². The zero-order chi connectivity index (χ0) is 95.7. The second-order valence-corrected chi connectivity index (χ2v) is 38.2. The SMILES string of the molecule is CCC(O)C(O)C(O)C(O)OC1C(OC(C)=O)C(C)OC(OC(=O)[C@]23CCC(C)(C)CC2C2=CCC4[C@@]5(C)CC[C@H](OC6OC(C(=O)O)C(O)C(OC7(O)COCC(O)C7O)C6OC6OC(CO)C(O)C(O)C6O)[C@@](C)(C=O)C5CC[C@@]4(C)[C@]2(C)C[C@H]3O)C1OC1OC(C)C(OC(O)/C(O)=C(/OC2OCC(O)(CO)C2O)C(C)O)C(OC(O)/C(O)=C(/O)C(O)CCO)C1O. The van der Waals surface area contributed by atoms with Crippen LogP contribution in [0.2, 0.25) is 0 Å². The van der Waals surface area contributed by atoms with E-state index in [0.29, 0.717) is 12.7 Å². The van der Waals surface area contributed by atoms with Crippen molar-refractivity contribution in [1.29, 1.82) is 0 Å². The summed E-state index contributed by atoms with van der Waals surface area (Å²) in [6.45, 7) is 12.5. The molecular formula is C83H132O46. The number of esters is 2. The van der Waals surface area contributed by atoms with E-state index in [-0.39, 0.29) is 63.7 Å². The summed E-state index contributed by atoms with van der Waals surface area (Å²) in [5, 5.41) is 290. The van der Waals surface area contributed by atoms with E-state index in [1.165, 1.54) is 13.8 Å². The van der Waals surface area contributed by atoms with Gasteiger partial charge in [0.25, 0.3) is 0 Å². The minimum absolute atomic E-state index is 0.0205. The summed E-state index contributed by atoms with van der Waals surface area (Å²) in [6.07, 6.45) is -68.8. The highest BCUT2D eigenvalue weighted by Gasteiger charge is 2.74. The summed E-state index contributed by atoms with van der Waals surface area (Å²) in [4.78, 5) is 57.4. The number of allylic oxidation sites excluding steroid dienone is 2. The molecule has 6 saturated heterocycles. The van der Waals surface area contributed by atoms with Crippen molar-refractivity contribution in [1.82, 2.24) is 0 Å². The van der Waals surface area contributed by atoms with Gasteiger partial charge in [0.1, 0.15) is 134 Å². The van der Waals surface area contributed by atoms with Gasteiger partial charge in [-0.25, -0.2) is 4.79 Å². The molecule has 10 fully saturated rings. The first-order chi connectivity index (χ1) is 60.2. The Balaban J connectivity index is 0.937. The van der Waals surface area contributed by atoms with Gasteiger partial charge in [0.05, 0.1) is 62.4 Å². The predicted molar refractivity (Wildman–Crippen MR) is 422 cm³/mol. The standard InChI is InChI=1S/C83H132O46/c1-12-37(90)45(94)49(98)68(109)123-61-57(118-34(5)89)33(4)117-72(63(61)127-71-54(103)58(122-67(108)50(99)46(95)38(91)17-22-84)56(32(3)116-71)121-69(110)53(102)55(31(2)88)124-74-65(105)81(112,28-87)29-115-74)128-75(111)82-21-20-76(6,7)23-36(82)35-13-14-42-77(8)18-16-44(78(9,27-86)41(77)15-19-79(42,10)80(35,11)24-43(82)93)120-73-62(126-70-51(100)48(97)47(96)40(25-85)119-70)59(52(101)60(125-73)66(106)107)129-83(113)30-114-26-39(92)64(83)104/h13,27,31-33,36-45,47-49,51-52,54,56-65,67-74,84-85,87-88,90-105,108-110,112-113H,12,14-26,28-30H2,1-11H3,(H,106,107)/b50-46-,55-53-/t31?,32?,33?,36?,37?,38?,39?,40?,41?,42?,43-,44+,45?,47?,48?,49?,51?,52?,54?,56?,57?,58?,59?,60?,61?,62?,63?,64?,65?,67?,68?,69?,70?,71?,72?,73?,74?,77+,78+,79-,80-,81?,82-,83?/m1/s1.